The van der Waals surface area contributed by atoms with E-state index in [2.05, 4.69) is 35.0 Å². The maximum absolute atomic E-state index is 8.67. The highest BCUT2D eigenvalue weighted by Gasteiger charge is 2.08. The fourth-order valence-corrected chi connectivity index (χ4v) is 1.54. The average Bonchev–Trinajstić information content (AvgIpc) is 2.34. The molecule has 0 saturated heterocycles. The van der Waals surface area contributed by atoms with Crippen LogP contribution in [0.2, 0.25) is 0 Å². The summed E-state index contributed by atoms with van der Waals surface area (Å²) < 4.78 is 1.14. The van der Waals surface area contributed by atoms with E-state index in [1.165, 1.54) is 5.56 Å². The van der Waals surface area contributed by atoms with Gasteiger partial charge < -0.3 is 10.0 Å². The molecular weight excluding hydrogens is 303 g/mol. The standard InChI is InChI=1S/C7H9BO2.C7H7Br.CH4/c1-6-2-4-7(5-3-6)8(9)10;1-6-2-4-7(8)5-3-6;/h2-5,9-10H,1H3;2-5H,1H3;1H4. The first-order valence-electron chi connectivity index (χ1n) is 5.64. The van der Waals surface area contributed by atoms with Crippen molar-refractivity contribution in [1.82, 2.24) is 0 Å². The Labute approximate surface area is 124 Å². The van der Waals surface area contributed by atoms with E-state index in [0.29, 0.717) is 5.46 Å². The van der Waals surface area contributed by atoms with Crippen molar-refractivity contribution >= 4 is 28.5 Å². The predicted octanol–water partition coefficient (Wildman–Crippen LogP) is 3.07. The summed E-state index contributed by atoms with van der Waals surface area (Å²) >= 11 is 3.35. The maximum atomic E-state index is 8.67. The Morgan fingerprint density at radius 2 is 1.16 bits per heavy atom. The zero-order chi connectivity index (χ0) is 13.5. The van der Waals surface area contributed by atoms with Crippen LogP contribution in [-0.4, -0.2) is 17.2 Å². The van der Waals surface area contributed by atoms with E-state index >= 15 is 0 Å². The monoisotopic (exact) mass is 322 g/mol. The Morgan fingerprint density at radius 3 is 1.47 bits per heavy atom. The third kappa shape index (κ3) is 7.16. The van der Waals surface area contributed by atoms with Crippen molar-refractivity contribution in [2.24, 2.45) is 0 Å². The first-order valence-corrected chi connectivity index (χ1v) is 6.43. The summed E-state index contributed by atoms with van der Waals surface area (Å²) in [6.45, 7) is 4.03. The minimum Gasteiger partial charge on any atom is -0.423 e. The summed E-state index contributed by atoms with van der Waals surface area (Å²) in [5, 5.41) is 17.3. The molecule has 4 heteroatoms. The molecule has 0 amide bonds. The second kappa shape index (κ2) is 8.91. The fraction of sp³-hybridized carbons (Fsp3) is 0.200. The van der Waals surface area contributed by atoms with E-state index in [1.54, 1.807) is 12.1 Å². The highest BCUT2D eigenvalue weighted by atomic mass is 79.9. The molecule has 102 valence electrons. The minimum atomic E-state index is -1.35. The third-order valence-electron chi connectivity index (χ3n) is 2.39. The second-order valence-electron chi connectivity index (χ2n) is 4.08. The van der Waals surface area contributed by atoms with Crippen LogP contribution >= 0.6 is 15.9 Å². The molecule has 0 unspecified atom stereocenters. The molecule has 0 saturated carbocycles. The van der Waals surface area contributed by atoms with Gasteiger partial charge in [0.25, 0.3) is 0 Å². The van der Waals surface area contributed by atoms with Gasteiger partial charge in [-0.2, -0.15) is 0 Å². The SMILES string of the molecule is C.Cc1ccc(B(O)O)cc1.Cc1ccc(Br)cc1. The highest BCUT2D eigenvalue weighted by Crippen LogP contribution is 2.08. The number of aryl methyl sites for hydroxylation is 2. The lowest BCUT2D eigenvalue weighted by Crippen LogP contribution is -2.29. The van der Waals surface area contributed by atoms with Crippen molar-refractivity contribution < 1.29 is 10.0 Å². The zero-order valence-corrected chi connectivity index (χ0v) is 12.1. The minimum absolute atomic E-state index is 0. The van der Waals surface area contributed by atoms with Crippen LogP contribution in [0.4, 0.5) is 0 Å². The molecule has 0 atom stereocenters. The predicted molar refractivity (Wildman–Crippen MR) is 86.6 cm³/mol. The molecule has 2 N–H and O–H groups in total. The topological polar surface area (TPSA) is 40.5 Å². The molecule has 0 spiro atoms. The van der Waals surface area contributed by atoms with Gasteiger partial charge in [-0.25, -0.2) is 0 Å². The van der Waals surface area contributed by atoms with Gasteiger partial charge in [-0.15, -0.1) is 0 Å². The van der Waals surface area contributed by atoms with E-state index in [9.17, 15) is 0 Å². The van der Waals surface area contributed by atoms with Gasteiger partial charge in [-0.05, 0) is 31.4 Å². The molecule has 2 aromatic carbocycles. The summed E-state index contributed by atoms with van der Waals surface area (Å²) in [6, 6.07) is 15.3. The molecule has 2 nitrogen and oxygen atoms in total. The molecule has 2 aromatic rings. The Hall–Kier alpha value is -1.10. The number of rotatable bonds is 1. The largest absolute Gasteiger partial charge is 0.488 e. The van der Waals surface area contributed by atoms with Gasteiger partial charge >= 0.3 is 7.12 Å². The van der Waals surface area contributed by atoms with E-state index in [1.807, 2.05) is 31.2 Å². The van der Waals surface area contributed by atoms with E-state index in [-0.39, 0.29) is 7.43 Å². The van der Waals surface area contributed by atoms with Crippen LogP contribution in [0.15, 0.2) is 53.0 Å². The molecule has 0 heterocycles. The van der Waals surface area contributed by atoms with Gasteiger partial charge in [0.05, 0.1) is 0 Å². The number of hydrogen-bond donors (Lipinski definition) is 2. The van der Waals surface area contributed by atoms with Crippen LogP contribution in [0.5, 0.6) is 0 Å². The van der Waals surface area contributed by atoms with Crippen LogP contribution in [-0.2, 0) is 0 Å². The normalized spacial score (nSPS) is 8.89. The zero-order valence-electron chi connectivity index (χ0n) is 10.5. The number of hydrogen-bond acceptors (Lipinski definition) is 2. The van der Waals surface area contributed by atoms with Crippen LogP contribution in [0.1, 0.15) is 18.6 Å². The van der Waals surface area contributed by atoms with Crippen molar-refractivity contribution in [3.05, 3.63) is 64.1 Å². The van der Waals surface area contributed by atoms with Gasteiger partial charge in [0.2, 0.25) is 0 Å². The number of halogens is 1. The van der Waals surface area contributed by atoms with Gasteiger partial charge in [0, 0.05) is 4.47 Å². The first kappa shape index (κ1) is 17.9. The average molecular weight is 323 g/mol. The van der Waals surface area contributed by atoms with Gasteiger partial charge in [-0.3, -0.25) is 0 Å². The third-order valence-corrected chi connectivity index (χ3v) is 2.92. The van der Waals surface area contributed by atoms with E-state index < -0.39 is 7.12 Å². The van der Waals surface area contributed by atoms with Crippen LogP contribution in [0.3, 0.4) is 0 Å². The number of benzene rings is 2. The lowest BCUT2D eigenvalue weighted by Gasteiger charge is -1.97. The van der Waals surface area contributed by atoms with Crippen molar-refractivity contribution in [2.75, 3.05) is 0 Å². The van der Waals surface area contributed by atoms with Crippen LogP contribution in [0, 0.1) is 13.8 Å². The molecule has 0 aromatic heterocycles. The van der Waals surface area contributed by atoms with Gasteiger partial charge in [0.1, 0.15) is 0 Å². The molecular formula is C15H20BBrO2. The van der Waals surface area contributed by atoms with E-state index in [0.717, 1.165) is 10.0 Å². The quantitative estimate of drug-likeness (QED) is 0.792. The van der Waals surface area contributed by atoms with Crippen molar-refractivity contribution in [1.29, 1.82) is 0 Å². The Bertz CT molecular complexity index is 446. The summed E-state index contributed by atoms with van der Waals surface area (Å²) in [4.78, 5) is 0. The molecule has 0 fully saturated rings. The molecule has 0 aliphatic rings. The summed E-state index contributed by atoms with van der Waals surface area (Å²) in [7, 11) is -1.35. The smallest absolute Gasteiger partial charge is 0.423 e. The van der Waals surface area contributed by atoms with Crippen LogP contribution < -0.4 is 5.46 Å². The maximum Gasteiger partial charge on any atom is 0.488 e. The molecule has 0 radical (unpaired) electrons. The lowest BCUT2D eigenvalue weighted by molar-refractivity contribution is 0.426. The Balaban J connectivity index is 0.000000331. The molecule has 2 rings (SSSR count). The highest BCUT2D eigenvalue weighted by molar-refractivity contribution is 9.10. The van der Waals surface area contributed by atoms with Crippen molar-refractivity contribution in [2.45, 2.75) is 21.3 Å². The molecule has 0 aliphatic carbocycles. The van der Waals surface area contributed by atoms with Crippen molar-refractivity contribution in [3.8, 4) is 0 Å². The lowest BCUT2D eigenvalue weighted by atomic mass is 9.80. The van der Waals surface area contributed by atoms with Gasteiger partial charge in [0.15, 0.2) is 0 Å². The second-order valence-corrected chi connectivity index (χ2v) is 5.00. The summed E-state index contributed by atoms with van der Waals surface area (Å²) in [5.41, 5.74) is 2.95. The molecule has 0 aliphatic heterocycles. The summed E-state index contributed by atoms with van der Waals surface area (Å²) in [5.74, 6) is 0. The van der Waals surface area contributed by atoms with Gasteiger partial charge in [-0.1, -0.05) is 70.9 Å². The van der Waals surface area contributed by atoms with Crippen molar-refractivity contribution in [3.63, 3.8) is 0 Å². The molecule has 19 heavy (non-hydrogen) atoms. The summed E-state index contributed by atoms with van der Waals surface area (Å²) in [6.07, 6.45) is 0. The van der Waals surface area contributed by atoms with E-state index in [4.69, 9.17) is 10.0 Å². The van der Waals surface area contributed by atoms with Crippen LogP contribution in [0.25, 0.3) is 0 Å². The molecule has 0 bridgehead atoms. The Morgan fingerprint density at radius 1 is 0.789 bits per heavy atom. The fourth-order valence-electron chi connectivity index (χ4n) is 1.27. The first-order chi connectivity index (χ1) is 8.49. The Kier molecular flexibility index (Phi) is 8.40.